The number of para-hydroxylation sites is 1. The number of methoxy groups -OCH3 is 1. The summed E-state index contributed by atoms with van der Waals surface area (Å²) in [5.41, 5.74) is 3.55. The Balaban J connectivity index is 1.69. The van der Waals surface area contributed by atoms with E-state index < -0.39 is 24.1 Å². The number of amides is 1. The summed E-state index contributed by atoms with van der Waals surface area (Å²) in [5, 5.41) is 1.02. The zero-order valence-electron chi connectivity index (χ0n) is 18.8. The molecule has 2 aliphatic rings. The van der Waals surface area contributed by atoms with Crippen LogP contribution in [0.4, 0.5) is 4.79 Å². The van der Waals surface area contributed by atoms with Crippen molar-refractivity contribution in [2.75, 3.05) is 20.5 Å². The van der Waals surface area contributed by atoms with Gasteiger partial charge in [0, 0.05) is 23.0 Å². The topological polar surface area (TPSA) is 90.1 Å². The van der Waals surface area contributed by atoms with Crippen molar-refractivity contribution in [3.05, 3.63) is 59.3 Å². The van der Waals surface area contributed by atoms with Gasteiger partial charge in [-0.25, -0.2) is 9.59 Å². The van der Waals surface area contributed by atoms with Gasteiger partial charge in [0.2, 0.25) is 6.79 Å². The van der Waals surface area contributed by atoms with Crippen LogP contribution in [0, 0.1) is 5.92 Å². The van der Waals surface area contributed by atoms with Gasteiger partial charge in [0.15, 0.2) is 11.5 Å². The van der Waals surface area contributed by atoms with E-state index in [0.717, 1.165) is 27.7 Å². The number of benzene rings is 2. The van der Waals surface area contributed by atoms with Crippen molar-refractivity contribution in [2.45, 2.75) is 32.4 Å². The molecule has 8 nitrogen and oxygen atoms in total. The molecular weight excluding hydrogens is 424 g/mol. The average molecular weight is 450 g/mol. The van der Waals surface area contributed by atoms with Gasteiger partial charge in [-0.05, 0) is 35.2 Å². The van der Waals surface area contributed by atoms with Crippen molar-refractivity contribution in [2.24, 2.45) is 5.92 Å². The largest absolute Gasteiger partial charge is 0.467 e. The maximum absolute atomic E-state index is 13.4. The number of nitrogens with one attached hydrogen (secondary N) is 1. The second-order valence-corrected chi connectivity index (χ2v) is 8.70. The molecule has 1 N–H and O–H groups in total. The molecule has 0 fully saturated rings. The first-order valence-electron chi connectivity index (χ1n) is 11.0. The highest BCUT2D eigenvalue weighted by Crippen LogP contribution is 2.44. The Bertz CT molecular complexity index is 1220. The predicted octanol–water partition coefficient (Wildman–Crippen LogP) is 4.18. The lowest BCUT2D eigenvalue weighted by Gasteiger charge is -2.40. The van der Waals surface area contributed by atoms with Crippen LogP contribution in [0.5, 0.6) is 11.5 Å². The Morgan fingerprint density at radius 2 is 1.94 bits per heavy atom. The van der Waals surface area contributed by atoms with Crippen molar-refractivity contribution >= 4 is 23.0 Å². The van der Waals surface area contributed by atoms with Crippen LogP contribution < -0.4 is 9.47 Å². The summed E-state index contributed by atoms with van der Waals surface area (Å²) in [4.78, 5) is 31.3. The second-order valence-electron chi connectivity index (χ2n) is 8.70. The van der Waals surface area contributed by atoms with Gasteiger partial charge < -0.3 is 23.9 Å². The summed E-state index contributed by atoms with van der Waals surface area (Å²) >= 11 is 0. The maximum atomic E-state index is 13.4. The minimum absolute atomic E-state index is 0.145. The van der Waals surface area contributed by atoms with E-state index in [2.05, 4.69) is 4.98 Å². The van der Waals surface area contributed by atoms with E-state index in [1.807, 2.05) is 56.3 Å². The molecule has 2 aromatic carbocycles. The number of aromatic amines is 1. The fraction of sp³-hybridized carbons (Fsp3) is 0.360. The van der Waals surface area contributed by atoms with E-state index in [0.29, 0.717) is 17.9 Å². The van der Waals surface area contributed by atoms with E-state index in [9.17, 15) is 9.59 Å². The molecule has 3 aromatic rings. The summed E-state index contributed by atoms with van der Waals surface area (Å²) < 4.78 is 21.8. The van der Waals surface area contributed by atoms with Crippen LogP contribution in [0.3, 0.4) is 0 Å². The number of hydrogen-bond acceptors (Lipinski definition) is 6. The SMILES string of the molecule is COC(=O)[C@@H]1Cc2c([nH]c3ccccc23)[C@H](c2ccc3c(c2)OCO3)N1C(=O)OCC(C)C. The lowest BCUT2D eigenvalue weighted by atomic mass is 9.88. The highest BCUT2D eigenvalue weighted by molar-refractivity contribution is 5.89. The van der Waals surface area contributed by atoms with Gasteiger partial charge in [-0.3, -0.25) is 4.90 Å². The molecule has 0 spiro atoms. The first-order valence-corrected chi connectivity index (χ1v) is 11.0. The van der Waals surface area contributed by atoms with Gasteiger partial charge >= 0.3 is 12.1 Å². The molecule has 0 radical (unpaired) electrons. The predicted molar refractivity (Wildman–Crippen MR) is 120 cm³/mol. The number of H-pyrrole nitrogens is 1. The molecule has 5 rings (SSSR count). The van der Waals surface area contributed by atoms with E-state index in [1.54, 1.807) is 0 Å². The van der Waals surface area contributed by atoms with Crippen molar-refractivity contribution in [1.82, 2.24) is 9.88 Å². The molecule has 1 amide bonds. The van der Waals surface area contributed by atoms with Gasteiger partial charge in [-0.1, -0.05) is 38.1 Å². The number of hydrogen-bond donors (Lipinski definition) is 1. The number of carbonyl (C=O) groups is 2. The molecule has 0 unspecified atom stereocenters. The standard InChI is InChI=1S/C25H26N2O6/c1-14(2)12-31-25(29)27-19(24(28)30-3)11-17-16-6-4-5-7-18(16)26-22(17)23(27)15-8-9-20-21(10-15)33-13-32-20/h4-10,14,19,23,26H,11-13H2,1-3H3/t19-,23-/m0/s1. The molecule has 1 aromatic heterocycles. The summed E-state index contributed by atoms with van der Waals surface area (Å²) in [6.07, 6.45) is -0.241. The molecule has 2 atom stereocenters. The van der Waals surface area contributed by atoms with Crippen LogP contribution in [0.2, 0.25) is 0 Å². The minimum atomic E-state index is -0.836. The van der Waals surface area contributed by atoms with Crippen LogP contribution in [0.1, 0.15) is 36.7 Å². The molecule has 33 heavy (non-hydrogen) atoms. The number of esters is 1. The molecule has 0 saturated carbocycles. The Morgan fingerprint density at radius 3 is 2.73 bits per heavy atom. The molecule has 2 aliphatic heterocycles. The average Bonchev–Trinajstić information content (AvgIpc) is 3.44. The Hall–Kier alpha value is -3.68. The molecular formula is C25H26N2O6. The van der Waals surface area contributed by atoms with Crippen molar-refractivity contribution in [1.29, 1.82) is 0 Å². The zero-order valence-corrected chi connectivity index (χ0v) is 18.8. The molecule has 8 heteroatoms. The number of carbonyl (C=O) groups excluding carboxylic acids is 2. The first-order chi connectivity index (χ1) is 16.0. The van der Waals surface area contributed by atoms with E-state index in [1.165, 1.54) is 12.0 Å². The first kappa shape index (κ1) is 21.2. The van der Waals surface area contributed by atoms with E-state index in [-0.39, 0.29) is 19.3 Å². The van der Waals surface area contributed by atoms with E-state index in [4.69, 9.17) is 18.9 Å². The van der Waals surface area contributed by atoms with Crippen molar-refractivity contribution in [3.8, 4) is 11.5 Å². The third-order valence-electron chi connectivity index (χ3n) is 6.07. The maximum Gasteiger partial charge on any atom is 0.411 e. The molecule has 0 aliphatic carbocycles. The number of nitrogens with zero attached hydrogens (tertiary/aromatic N) is 1. The zero-order chi connectivity index (χ0) is 23.1. The summed E-state index contributed by atoms with van der Waals surface area (Å²) in [6.45, 7) is 4.32. The Labute approximate surface area is 191 Å². The lowest BCUT2D eigenvalue weighted by molar-refractivity contribution is -0.147. The summed E-state index contributed by atoms with van der Waals surface area (Å²) in [7, 11) is 1.33. The van der Waals surface area contributed by atoms with E-state index >= 15 is 0 Å². The molecule has 3 heterocycles. The highest BCUT2D eigenvalue weighted by Gasteiger charge is 2.45. The Kier molecular flexibility index (Phi) is 5.36. The van der Waals surface area contributed by atoms with Gasteiger partial charge in [-0.2, -0.15) is 0 Å². The van der Waals surface area contributed by atoms with Crippen LogP contribution >= 0.6 is 0 Å². The van der Waals surface area contributed by atoms with Crippen LogP contribution in [-0.4, -0.2) is 48.5 Å². The Morgan fingerprint density at radius 1 is 1.15 bits per heavy atom. The summed E-state index contributed by atoms with van der Waals surface area (Å²) in [5.74, 6) is 0.909. The van der Waals surface area contributed by atoms with Crippen LogP contribution in [0.25, 0.3) is 10.9 Å². The third kappa shape index (κ3) is 3.65. The number of ether oxygens (including phenoxy) is 4. The van der Waals surface area contributed by atoms with Crippen molar-refractivity contribution < 1.29 is 28.5 Å². The third-order valence-corrected chi connectivity index (χ3v) is 6.07. The highest BCUT2D eigenvalue weighted by atomic mass is 16.7. The lowest BCUT2D eigenvalue weighted by Crippen LogP contribution is -2.52. The van der Waals surface area contributed by atoms with Gasteiger partial charge in [0.1, 0.15) is 12.1 Å². The number of fused-ring (bicyclic) bond motifs is 4. The molecule has 0 bridgehead atoms. The molecule has 172 valence electrons. The minimum Gasteiger partial charge on any atom is -0.467 e. The summed E-state index contributed by atoms with van der Waals surface area (Å²) in [6, 6.07) is 12.0. The van der Waals surface area contributed by atoms with Crippen LogP contribution in [-0.2, 0) is 20.7 Å². The number of aromatic nitrogens is 1. The van der Waals surface area contributed by atoms with Gasteiger partial charge in [-0.15, -0.1) is 0 Å². The molecule has 0 saturated heterocycles. The van der Waals surface area contributed by atoms with Crippen molar-refractivity contribution in [3.63, 3.8) is 0 Å². The smallest absolute Gasteiger partial charge is 0.411 e. The fourth-order valence-corrected chi connectivity index (χ4v) is 4.57. The van der Waals surface area contributed by atoms with Gasteiger partial charge in [0.05, 0.1) is 13.7 Å². The normalized spacial score (nSPS) is 19.0. The quantitative estimate of drug-likeness (QED) is 0.600. The number of rotatable bonds is 4. The van der Waals surface area contributed by atoms with Gasteiger partial charge in [0.25, 0.3) is 0 Å². The fourth-order valence-electron chi connectivity index (χ4n) is 4.57. The second kappa shape index (κ2) is 8.35. The monoisotopic (exact) mass is 450 g/mol. The van der Waals surface area contributed by atoms with Crippen LogP contribution in [0.15, 0.2) is 42.5 Å².